The van der Waals surface area contributed by atoms with Crippen LogP contribution >= 0.6 is 11.6 Å². The zero-order valence-corrected chi connectivity index (χ0v) is 10.3. The van der Waals surface area contributed by atoms with Gasteiger partial charge >= 0.3 is 0 Å². The Bertz CT molecular complexity index is 394. The summed E-state index contributed by atoms with van der Waals surface area (Å²) in [5.74, 6) is 0. The van der Waals surface area contributed by atoms with Crippen molar-refractivity contribution in [2.75, 3.05) is 0 Å². The SMILES string of the molecule is Clc1cccc2c1CC1(CCCCC1)NC2. The van der Waals surface area contributed by atoms with Gasteiger partial charge in [0.2, 0.25) is 0 Å². The van der Waals surface area contributed by atoms with Crippen LogP contribution in [0.4, 0.5) is 0 Å². The van der Waals surface area contributed by atoms with E-state index < -0.39 is 0 Å². The van der Waals surface area contributed by atoms with Crippen LogP contribution in [0.15, 0.2) is 18.2 Å². The van der Waals surface area contributed by atoms with Crippen molar-refractivity contribution in [1.82, 2.24) is 5.32 Å². The predicted molar refractivity (Wildman–Crippen MR) is 67.8 cm³/mol. The Morgan fingerprint density at radius 1 is 1.12 bits per heavy atom. The molecule has 1 aromatic rings. The van der Waals surface area contributed by atoms with Crippen molar-refractivity contribution in [1.29, 1.82) is 0 Å². The largest absolute Gasteiger partial charge is 0.307 e. The molecule has 1 aromatic carbocycles. The highest BCUT2D eigenvalue weighted by Crippen LogP contribution is 2.37. The van der Waals surface area contributed by atoms with E-state index in [1.165, 1.54) is 43.2 Å². The van der Waals surface area contributed by atoms with Crippen LogP contribution in [-0.4, -0.2) is 5.54 Å². The summed E-state index contributed by atoms with van der Waals surface area (Å²) in [6, 6.07) is 6.29. The minimum Gasteiger partial charge on any atom is -0.307 e. The van der Waals surface area contributed by atoms with Gasteiger partial charge in [-0.25, -0.2) is 0 Å². The van der Waals surface area contributed by atoms with E-state index >= 15 is 0 Å². The van der Waals surface area contributed by atoms with Gasteiger partial charge in [-0.05, 0) is 36.5 Å². The minimum absolute atomic E-state index is 0.357. The van der Waals surface area contributed by atoms with Crippen LogP contribution in [0, 0.1) is 0 Å². The monoisotopic (exact) mass is 235 g/mol. The molecule has 86 valence electrons. The van der Waals surface area contributed by atoms with Crippen LogP contribution in [0.3, 0.4) is 0 Å². The van der Waals surface area contributed by atoms with Gasteiger partial charge in [-0.2, -0.15) is 0 Å². The standard InChI is InChI=1S/C14H18ClN/c15-13-6-4-5-11-10-16-14(9-12(11)13)7-2-1-3-8-14/h4-6,16H,1-3,7-10H2. The van der Waals surface area contributed by atoms with Crippen LogP contribution in [0.25, 0.3) is 0 Å². The van der Waals surface area contributed by atoms with E-state index in [9.17, 15) is 0 Å². The maximum Gasteiger partial charge on any atom is 0.0441 e. The summed E-state index contributed by atoms with van der Waals surface area (Å²) < 4.78 is 0. The molecule has 0 amide bonds. The molecule has 1 heterocycles. The lowest BCUT2D eigenvalue weighted by molar-refractivity contribution is 0.216. The first-order chi connectivity index (χ1) is 7.79. The van der Waals surface area contributed by atoms with E-state index in [0.717, 1.165) is 18.0 Å². The Balaban J connectivity index is 1.92. The Morgan fingerprint density at radius 3 is 2.75 bits per heavy atom. The fraction of sp³-hybridized carbons (Fsp3) is 0.571. The van der Waals surface area contributed by atoms with Crippen LogP contribution < -0.4 is 5.32 Å². The number of hydrogen-bond acceptors (Lipinski definition) is 1. The highest BCUT2D eigenvalue weighted by Gasteiger charge is 2.35. The number of halogens is 1. The van der Waals surface area contributed by atoms with Crippen molar-refractivity contribution in [2.45, 2.75) is 50.6 Å². The molecule has 2 heteroatoms. The van der Waals surface area contributed by atoms with Gasteiger partial charge in [0.25, 0.3) is 0 Å². The van der Waals surface area contributed by atoms with E-state index in [-0.39, 0.29) is 0 Å². The van der Waals surface area contributed by atoms with Crippen LogP contribution in [0.1, 0.15) is 43.2 Å². The third-order valence-corrected chi connectivity index (χ3v) is 4.55. The van der Waals surface area contributed by atoms with Crippen LogP contribution in [-0.2, 0) is 13.0 Å². The van der Waals surface area contributed by atoms with Gasteiger partial charge in [-0.3, -0.25) is 0 Å². The van der Waals surface area contributed by atoms with E-state index in [2.05, 4.69) is 17.4 Å². The molecule has 1 N–H and O–H groups in total. The molecule has 1 aliphatic carbocycles. The van der Waals surface area contributed by atoms with Gasteiger partial charge < -0.3 is 5.32 Å². The Morgan fingerprint density at radius 2 is 1.94 bits per heavy atom. The van der Waals surface area contributed by atoms with Crippen molar-refractivity contribution in [3.8, 4) is 0 Å². The van der Waals surface area contributed by atoms with Crippen LogP contribution in [0.2, 0.25) is 5.02 Å². The lowest BCUT2D eigenvalue weighted by Crippen LogP contribution is -2.51. The molecule has 1 fully saturated rings. The third kappa shape index (κ3) is 1.76. The number of fused-ring (bicyclic) bond motifs is 1. The van der Waals surface area contributed by atoms with Crippen molar-refractivity contribution in [3.05, 3.63) is 34.3 Å². The first-order valence-electron chi connectivity index (χ1n) is 6.30. The highest BCUT2D eigenvalue weighted by atomic mass is 35.5. The van der Waals surface area contributed by atoms with Gasteiger partial charge in [0, 0.05) is 17.1 Å². The maximum absolute atomic E-state index is 6.32. The molecule has 0 radical (unpaired) electrons. The number of nitrogens with one attached hydrogen (secondary N) is 1. The first-order valence-corrected chi connectivity index (χ1v) is 6.68. The molecule has 0 saturated heterocycles. The first kappa shape index (κ1) is 10.6. The Kier molecular flexibility index (Phi) is 2.68. The smallest absolute Gasteiger partial charge is 0.0441 e. The lowest BCUT2D eigenvalue weighted by atomic mass is 9.74. The molecule has 1 aliphatic heterocycles. The summed E-state index contributed by atoms with van der Waals surface area (Å²) >= 11 is 6.32. The van der Waals surface area contributed by atoms with Gasteiger partial charge in [0.1, 0.15) is 0 Å². The van der Waals surface area contributed by atoms with Crippen molar-refractivity contribution >= 4 is 11.6 Å². The molecule has 0 bridgehead atoms. The fourth-order valence-electron chi connectivity index (χ4n) is 3.23. The fourth-order valence-corrected chi connectivity index (χ4v) is 3.49. The molecule has 3 rings (SSSR count). The van der Waals surface area contributed by atoms with Gasteiger partial charge in [-0.1, -0.05) is 43.0 Å². The molecule has 0 aromatic heterocycles. The second-order valence-electron chi connectivity index (χ2n) is 5.25. The molecule has 0 unspecified atom stereocenters. The lowest BCUT2D eigenvalue weighted by Gasteiger charge is -2.42. The number of hydrogen-bond donors (Lipinski definition) is 1. The minimum atomic E-state index is 0.357. The van der Waals surface area contributed by atoms with Gasteiger partial charge in [-0.15, -0.1) is 0 Å². The zero-order chi connectivity index (χ0) is 11.0. The highest BCUT2D eigenvalue weighted by molar-refractivity contribution is 6.31. The summed E-state index contributed by atoms with van der Waals surface area (Å²) in [4.78, 5) is 0. The van der Waals surface area contributed by atoms with Crippen molar-refractivity contribution in [2.24, 2.45) is 0 Å². The summed E-state index contributed by atoms with van der Waals surface area (Å²) in [7, 11) is 0. The summed E-state index contributed by atoms with van der Waals surface area (Å²) in [6.07, 6.45) is 7.90. The third-order valence-electron chi connectivity index (χ3n) is 4.20. The second kappa shape index (κ2) is 4.05. The predicted octanol–water partition coefficient (Wildman–Crippen LogP) is 3.69. The summed E-state index contributed by atoms with van der Waals surface area (Å²) in [6.45, 7) is 0.996. The molecule has 1 nitrogen and oxygen atoms in total. The zero-order valence-electron chi connectivity index (χ0n) is 9.56. The molecule has 1 spiro atoms. The second-order valence-corrected chi connectivity index (χ2v) is 5.66. The summed E-state index contributed by atoms with van der Waals surface area (Å²) in [5, 5.41) is 4.72. The summed E-state index contributed by atoms with van der Waals surface area (Å²) in [5.41, 5.74) is 3.14. The number of rotatable bonds is 0. The molecule has 1 saturated carbocycles. The van der Waals surface area contributed by atoms with E-state index in [1.54, 1.807) is 0 Å². The number of benzene rings is 1. The Labute approximate surface area is 102 Å². The van der Waals surface area contributed by atoms with E-state index in [1.807, 2.05) is 6.07 Å². The topological polar surface area (TPSA) is 12.0 Å². The van der Waals surface area contributed by atoms with E-state index in [4.69, 9.17) is 11.6 Å². The maximum atomic E-state index is 6.32. The molecule has 16 heavy (non-hydrogen) atoms. The quantitative estimate of drug-likeness (QED) is 0.723. The Hall–Kier alpha value is -0.530. The van der Waals surface area contributed by atoms with Crippen LogP contribution in [0.5, 0.6) is 0 Å². The molecular formula is C14H18ClN. The molecular weight excluding hydrogens is 218 g/mol. The average molecular weight is 236 g/mol. The normalized spacial score (nSPS) is 23.1. The van der Waals surface area contributed by atoms with Crippen molar-refractivity contribution in [3.63, 3.8) is 0 Å². The molecule has 2 aliphatic rings. The van der Waals surface area contributed by atoms with Crippen molar-refractivity contribution < 1.29 is 0 Å². The van der Waals surface area contributed by atoms with Gasteiger partial charge in [0.15, 0.2) is 0 Å². The van der Waals surface area contributed by atoms with E-state index in [0.29, 0.717) is 5.54 Å². The average Bonchev–Trinajstić information content (AvgIpc) is 2.32. The molecule has 0 atom stereocenters. The van der Waals surface area contributed by atoms with Gasteiger partial charge in [0.05, 0.1) is 0 Å².